The molecule has 1 fully saturated rings. The van der Waals surface area contributed by atoms with E-state index in [1.807, 2.05) is 4.90 Å². The molecule has 31 heavy (non-hydrogen) atoms. The fourth-order valence-electron chi connectivity index (χ4n) is 3.57. The minimum atomic E-state index is -3.86. The van der Waals surface area contributed by atoms with E-state index in [0.29, 0.717) is 21.3 Å². The van der Waals surface area contributed by atoms with E-state index >= 15 is 0 Å². The van der Waals surface area contributed by atoms with Crippen molar-refractivity contribution in [3.8, 4) is 10.7 Å². The van der Waals surface area contributed by atoms with Gasteiger partial charge in [-0.1, -0.05) is 0 Å². The van der Waals surface area contributed by atoms with Crippen molar-refractivity contribution in [3.63, 3.8) is 0 Å². The summed E-state index contributed by atoms with van der Waals surface area (Å²) >= 11 is 1.28. The van der Waals surface area contributed by atoms with Crippen LogP contribution in [0.15, 0.2) is 41.4 Å². The van der Waals surface area contributed by atoms with Crippen LogP contribution in [0.1, 0.15) is 34.6 Å². The van der Waals surface area contributed by atoms with E-state index in [9.17, 15) is 17.6 Å². The van der Waals surface area contributed by atoms with Crippen LogP contribution in [0.25, 0.3) is 10.7 Å². The number of likely N-dealkylation sites (tertiary alicyclic amines) is 1. The Morgan fingerprint density at radius 2 is 1.84 bits per heavy atom. The molecule has 0 saturated carbocycles. The third kappa shape index (κ3) is 4.49. The number of nitrogens with zero attached hydrogens (tertiary/aromatic N) is 3. The summed E-state index contributed by atoms with van der Waals surface area (Å²) in [7, 11) is -2.13. The molecule has 10 heteroatoms. The van der Waals surface area contributed by atoms with Gasteiger partial charge >= 0.3 is 0 Å². The van der Waals surface area contributed by atoms with Crippen LogP contribution in [0.5, 0.6) is 0 Å². The normalized spacial score (nSPS) is 14.6. The Morgan fingerprint density at radius 3 is 2.52 bits per heavy atom. The second kappa shape index (κ2) is 8.43. The van der Waals surface area contributed by atoms with Crippen LogP contribution < -0.4 is 4.72 Å². The first-order valence-corrected chi connectivity index (χ1v) is 12.3. The largest absolute Gasteiger partial charge is 0.347 e. The zero-order valence-corrected chi connectivity index (χ0v) is 18.9. The monoisotopic (exact) mass is 462 g/mol. The molecule has 3 heterocycles. The predicted octanol–water partition coefficient (Wildman–Crippen LogP) is 4.02. The highest BCUT2D eigenvalue weighted by Gasteiger charge is 2.25. The number of piperidine rings is 1. The van der Waals surface area contributed by atoms with Gasteiger partial charge in [0.15, 0.2) is 0 Å². The van der Waals surface area contributed by atoms with Crippen LogP contribution >= 0.6 is 11.3 Å². The van der Waals surface area contributed by atoms with Gasteiger partial charge in [0.1, 0.15) is 20.6 Å². The van der Waals surface area contributed by atoms with Gasteiger partial charge in [-0.2, -0.15) is 0 Å². The van der Waals surface area contributed by atoms with Gasteiger partial charge in [0.2, 0.25) is 0 Å². The Balaban J connectivity index is 1.60. The topological polar surface area (TPSA) is 84.3 Å². The number of hydrogen-bond acceptors (Lipinski definition) is 5. The number of rotatable bonds is 5. The molecule has 0 bridgehead atoms. The van der Waals surface area contributed by atoms with E-state index in [2.05, 4.69) is 9.71 Å². The first-order chi connectivity index (χ1) is 14.7. The number of benzene rings is 1. The smallest absolute Gasteiger partial charge is 0.265 e. The number of anilines is 1. The third-order valence-corrected chi connectivity index (χ3v) is 7.76. The number of halogens is 1. The Hall–Kier alpha value is -2.72. The van der Waals surface area contributed by atoms with Crippen LogP contribution in [0, 0.1) is 12.7 Å². The summed E-state index contributed by atoms with van der Waals surface area (Å²) < 4.78 is 42.8. The Kier molecular flexibility index (Phi) is 5.85. The minimum Gasteiger partial charge on any atom is -0.347 e. The SMILES string of the molecule is Cc1nc(-c2cc(S(=O)(=O)Nc3ccc(F)cc3)cn2C)sc1C(=O)N1CCCCC1. The van der Waals surface area contributed by atoms with Crippen LogP contribution in [-0.2, 0) is 17.1 Å². The van der Waals surface area contributed by atoms with Crippen molar-refractivity contribution in [1.29, 1.82) is 0 Å². The summed E-state index contributed by atoms with van der Waals surface area (Å²) in [4.78, 5) is 20.0. The van der Waals surface area contributed by atoms with Gasteiger partial charge in [-0.25, -0.2) is 17.8 Å². The molecular weight excluding hydrogens is 439 g/mol. The number of aryl methyl sites for hydroxylation is 2. The Labute approximate surface area is 184 Å². The summed E-state index contributed by atoms with van der Waals surface area (Å²) in [5.74, 6) is -0.458. The van der Waals surface area contributed by atoms with Crippen molar-refractivity contribution < 1.29 is 17.6 Å². The number of hydrogen-bond donors (Lipinski definition) is 1. The van der Waals surface area contributed by atoms with Crippen molar-refractivity contribution >= 4 is 33.0 Å². The quantitative estimate of drug-likeness (QED) is 0.621. The number of aromatic nitrogens is 2. The van der Waals surface area contributed by atoms with Gasteiger partial charge in [0.25, 0.3) is 15.9 Å². The Bertz CT molecular complexity index is 1210. The standard InChI is InChI=1S/C21H23FN4O3S2/c1-14-19(21(27)26-10-4-3-5-11-26)30-20(23-14)18-12-17(13-25(18)2)31(28,29)24-16-8-6-15(22)7-9-16/h6-9,12-13,24H,3-5,10-11H2,1-2H3. The van der Waals surface area contributed by atoms with Crippen LogP contribution in [0.4, 0.5) is 10.1 Å². The first kappa shape index (κ1) is 21.5. The van der Waals surface area contributed by atoms with Crippen molar-refractivity contribution in [1.82, 2.24) is 14.5 Å². The van der Waals surface area contributed by atoms with E-state index in [-0.39, 0.29) is 16.5 Å². The minimum absolute atomic E-state index is 0.0130. The molecule has 1 saturated heterocycles. The summed E-state index contributed by atoms with van der Waals surface area (Å²) in [5.41, 5.74) is 1.52. The fourth-order valence-corrected chi connectivity index (χ4v) is 5.79. The molecule has 2 aromatic heterocycles. The summed E-state index contributed by atoms with van der Waals surface area (Å²) in [6, 6.07) is 6.62. The second-order valence-corrected chi connectivity index (χ2v) is 10.3. The van der Waals surface area contributed by atoms with Crippen LogP contribution in [0.3, 0.4) is 0 Å². The molecule has 1 N–H and O–H groups in total. The molecule has 1 amide bonds. The van der Waals surface area contributed by atoms with Crippen LogP contribution in [0.2, 0.25) is 0 Å². The van der Waals surface area contributed by atoms with E-state index in [1.54, 1.807) is 18.5 Å². The number of carbonyl (C=O) groups excluding carboxylic acids is 1. The molecule has 0 radical (unpaired) electrons. The van der Waals surface area contributed by atoms with E-state index < -0.39 is 15.8 Å². The average molecular weight is 463 g/mol. The maximum Gasteiger partial charge on any atom is 0.265 e. The molecule has 1 aromatic carbocycles. The highest BCUT2D eigenvalue weighted by atomic mass is 32.2. The molecule has 1 aliphatic rings. The molecule has 7 nitrogen and oxygen atoms in total. The van der Waals surface area contributed by atoms with E-state index in [0.717, 1.165) is 32.4 Å². The van der Waals surface area contributed by atoms with Crippen molar-refractivity contribution in [2.75, 3.05) is 17.8 Å². The summed E-state index contributed by atoms with van der Waals surface area (Å²) in [6.45, 7) is 3.31. The number of thiazole rings is 1. The predicted molar refractivity (Wildman–Crippen MR) is 118 cm³/mol. The number of nitrogens with one attached hydrogen (secondary N) is 1. The molecule has 0 aliphatic carbocycles. The third-order valence-electron chi connectivity index (χ3n) is 5.24. The van der Waals surface area contributed by atoms with Gasteiger partial charge in [-0.15, -0.1) is 11.3 Å². The van der Waals surface area contributed by atoms with E-state index in [4.69, 9.17) is 0 Å². The van der Waals surface area contributed by atoms with E-state index in [1.165, 1.54) is 47.9 Å². The molecule has 0 unspecified atom stereocenters. The van der Waals surface area contributed by atoms with Gasteiger partial charge in [0, 0.05) is 32.0 Å². The molecule has 164 valence electrons. The van der Waals surface area contributed by atoms with Gasteiger partial charge in [-0.05, 0) is 56.5 Å². The van der Waals surface area contributed by atoms with Gasteiger partial charge < -0.3 is 9.47 Å². The zero-order valence-electron chi connectivity index (χ0n) is 17.3. The molecular formula is C21H23FN4O3S2. The molecule has 0 atom stereocenters. The molecule has 0 spiro atoms. The summed E-state index contributed by atoms with van der Waals surface area (Å²) in [6.07, 6.45) is 4.65. The lowest BCUT2D eigenvalue weighted by Crippen LogP contribution is -2.35. The van der Waals surface area contributed by atoms with Crippen molar-refractivity contribution in [2.24, 2.45) is 7.05 Å². The number of sulfonamides is 1. The van der Waals surface area contributed by atoms with Crippen molar-refractivity contribution in [2.45, 2.75) is 31.1 Å². The number of amides is 1. The number of carbonyl (C=O) groups is 1. The summed E-state index contributed by atoms with van der Waals surface area (Å²) in [5, 5.41) is 0.587. The van der Waals surface area contributed by atoms with Crippen LogP contribution in [-0.4, -0.2) is 41.9 Å². The molecule has 4 rings (SSSR count). The maximum atomic E-state index is 13.1. The molecule has 3 aromatic rings. The van der Waals surface area contributed by atoms with Crippen molar-refractivity contribution in [3.05, 3.63) is 52.9 Å². The lowest BCUT2D eigenvalue weighted by molar-refractivity contribution is 0.0728. The lowest BCUT2D eigenvalue weighted by atomic mass is 10.1. The van der Waals surface area contributed by atoms with Gasteiger partial charge in [-0.3, -0.25) is 9.52 Å². The lowest BCUT2D eigenvalue weighted by Gasteiger charge is -2.26. The average Bonchev–Trinajstić information content (AvgIpc) is 3.33. The maximum absolute atomic E-state index is 13.1. The molecule has 1 aliphatic heterocycles. The highest BCUT2D eigenvalue weighted by Crippen LogP contribution is 2.32. The second-order valence-electron chi connectivity index (χ2n) is 7.57. The highest BCUT2D eigenvalue weighted by molar-refractivity contribution is 7.92. The van der Waals surface area contributed by atoms with Gasteiger partial charge in [0.05, 0.1) is 11.4 Å². The Morgan fingerprint density at radius 1 is 1.16 bits per heavy atom. The zero-order chi connectivity index (χ0) is 22.2. The fraction of sp³-hybridized carbons (Fsp3) is 0.333. The first-order valence-electron chi connectivity index (χ1n) is 9.96.